The maximum Gasteiger partial charge on any atom is 0.238 e. The molecule has 0 aromatic heterocycles. The van der Waals surface area contributed by atoms with Gasteiger partial charge in [0.05, 0.1) is 6.54 Å². The van der Waals surface area contributed by atoms with Gasteiger partial charge in [-0.15, -0.1) is 0 Å². The highest BCUT2D eigenvalue weighted by molar-refractivity contribution is 5.93. The molecule has 5 heteroatoms. The third-order valence-electron chi connectivity index (χ3n) is 2.11. The summed E-state index contributed by atoms with van der Waals surface area (Å²) >= 11 is 0. The molecule has 1 rings (SSSR count). The van der Waals surface area contributed by atoms with Crippen molar-refractivity contribution in [3.63, 3.8) is 0 Å². The van der Waals surface area contributed by atoms with Crippen LogP contribution in [-0.2, 0) is 9.59 Å². The lowest BCUT2D eigenvalue weighted by atomic mass is 10.2. The molecule has 3 N–H and O–H groups in total. The highest BCUT2D eigenvalue weighted by atomic mass is 16.2. The molecule has 0 fully saturated rings. The molecule has 92 valence electrons. The van der Waals surface area contributed by atoms with Crippen LogP contribution in [0.5, 0.6) is 0 Å². The predicted molar refractivity (Wildman–Crippen MR) is 67.9 cm³/mol. The van der Waals surface area contributed by atoms with Gasteiger partial charge in [-0.25, -0.2) is 0 Å². The highest BCUT2D eigenvalue weighted by Gasteiger charge is 2.01. The fourth-order valence-corrected chi connectivity index (χ4v) is 1.25. The van der Waals surface area contributed by atoms with E-state index in [0.29, 0.717) is 12.1 Å². The van der Waals surface area contributed by atoms with Crippen LogP contribution in [0.1, 0.15) is 13.3 Å². The smallest absolute Gasteiger partial charge is 0.238 e. The molecule has 0 aliphatic rings. The van der Waals surface area contributed by atoms with E-state index in [0.717, 1.165) is 5.69 Å². The minimum absolute atomic E-state index is 0.0306. The Morgan fingerprint density at radius 2 is 1.47 bits per heavy atom. The van der Waals surface area contributed by atoms with Crippen LogP contribution in [0.25, 0.3) is 0 Å². The lowest BCUT2D eigenvalue weighted by molar-refractivity contribution is -0.116. The van der Waals surface area contributed by atoms with Crippen molar-refractivity contribution in [1.29, 1.82) is 0 Å². The number of amides is 2. The molecule has 0 aliphatic carbocycles. The molecule has 0 unspecified atom stereocenters. The zero-order valence-corrected chi connectivity index (χ0v) is 10.0. The number of carbonyl (C=O) groups excluding carboxylic acids is 2. The number of likely N-dealkylation sites (N-methyl/N-ethyl adjacent to an activating group) is 1. The van der Waals surface area contributed by atoms with Crippen molar-refractivity contribution in [2.24, 2.45) is 0 Å². The molecule has 0 atom stereocenters. The molecule has 0 saturated carbocycles. The normalized spacial score (nSPS) is 9.76. The Balaban J connectivity index is 2.55. The Bertz CT molecular complexity index is 387. The van der Waals surface area contributed by atoms with Crippen LogP contribution in [0, 0.1) is 0 Å². The number of rotatable bonds is 5. The van der Waals surface area contributed by atoms with Gasteiger partial charge < -0.3 is 16.0 Å². The van der Waals surface area contributed by atoms with Crippen molar-refractivity contribution >= 4 is 23.2 Å². The Morgan fingerprint density at radius 3 is 1.88 bits per heavy atom. The van der Waals surface area contributed by atoms with Gasteiger partial charge in [0.2, 0.25) is 11.8 Å². The summed E-state index contributed by atoms with van der Waals surface area (Å²) in [5.41, 5.74) is 1.43. The lowest BCUT2D eigenvalue weighted by Crippen LogP contribution is -2.25. The average Bonchev–Trinajstić information content (AvgIpc) is 2.32. The number of anilines is 2. The fraction of sp³-hybridized carbons (Fsp3) is 0.333. The minimum atomic E-state index is -0.0992. The summed E-state index contributed by atoms with van der Waals surface area (Å²) in [6, 6.07) is 7.00. The van der Waals surface area contributed by atoms with Crippen LogP contribution in [-0.4, -0.2) is 25.4 Å². The number of hydrogen-bond donors (Lipinski definition) is 3. The van der Waals surface area contributed by atoms with Crippen LogP contribution in [0.3, 0.4) is 0 Å². The van der Waals surface area contributed by atoms with Crippen molar-refractivity contribution in [1.82, 2.24) is 5.32 Å². The van der Waals surface area contributed by atoms with Gasteiger partial charge >= 0.3 is 0 Å². The second kappa shape index (κ2) is 6.65. The summed E-state index contributed by atoms with van der Waals surface area (Å²) in [6.45, 7) is 2.07. The van der Waals surface area contributed by atoms with E-state index in [-0.39, 0.29) is 18.4 Å². The maximum atomic E-state index is 11.3. The second-order valence-corrected chi connectivity index (χ2v) is 3.56. The topological polar surface area (TPSA) is 70.2 Å². The van der Waals surface area contributed by atoms with E-state index in [2.05, 4.69) is 16.0 Å². The van der Waals surface area contributed by atoms with E-state index >= 15 is 0 Å². The first kappa shape index (κ1) is 13.2. The summed E-state index contributed by atoms with van der Waals surface area (Å²) < 4.78 is 0. The number of benzene rings is 1. The van der Waals surface area contributed by atoms with Gasteiger partial charge in [0.1, 0.15) is 0 Å². The molecule has 0 spiro atoms. The zero-order chi connectivity index (χ0) is 12.7. The highest BCUT2D eigenvalue weighted by Crippen LogP contribution is 2.13. The number of hydrogen-bond acceptors (Lipinski definition) is 3. The summed E-state index contributed by atoms with van der Waals surface area (Å²) in [5, 5.41) is 8.22. The molecule has 1 aromatic rings. The minimum Gasteiger partial charge on any atom is -0.326 e. The monoisotopic (exact) mass is 235 g/mol. The van der Waals surface area contributed by atoms with Gasteiger partial charge in [0.15, 0.2) is 0 Å². The van der Waals surface area contributed by atoms with Gasteiger partial charge in [0, 0.05) is 17.8 Å². The molecule has 0 bridgehead atoms. The van der Waals surface area contributed by atoms with Gasteiger partial charge in [-0.3, -0.25) is 9.59 Å². The van der Waals surface area contributed by atoms with Crippen molar-refractivity contribution < 1.29 is 9.59 Å². The Labute approximate surface area is 101 Å². The zero-order valence-electron chi connectivity index (χ0n) is 10.0. The predicted octanol–water partition coefficient (Wildman–Crippen LogP) is 1.19. The van der Waals surface area contributed by atoms with Crippen LogP contribution < -0.4 is 16.0 Å². The quantitative estimate of drug-likeness (QED) is 0.718. The van der Waals surface area contributed by atoms with E-state index in [1.807, 2.05) is 0 Å². The lowest BCUT2D eigenvalue weighted by Gasteiger charge is -2.07. The van der Waals surface area contributed by atoms with E-state index in [4.69, 9.17) is 0 Å². The van der Waals surface area contributed by atoms with Crippen LogP contribution >= 0.6 is 0 Å². The van der Waals surface area contributed by atoms with E-state index in [1.54, 1.807) is 38.2 Å². The van der Waals surface area contributed by atoms with E-state index in [1.165, 1.54) is 0 Å². The second-order valence-electron chi connectivity index (χ2n) is 3.56. The SMILES string of the molecule is CCC(=O)Nc1ccc(NC(=O)CNC)cc1. The number of carbonyl (C=O) groups is 2. The van der Waals surface area contributed by atoms with Crippen molar-refractivity contribution in [3.8, 4) is 0 Å². The molecule has 1 aromatic carbocycles. The van der Waals surface area contributed by atoms with Crippen molar-refractivity contribution in [3.05, 3.63) is 24.3 Å². The van der Waals surface area contributed by atoms with Crippen molar-refractivity contribution in [2.75, 3.05) is 24.2 Å². The molecule has 2 amide bonds. The van der Waals surface area contributed by atoms with Crippen LogP contribution in [0.2, 0.25) is 0 Å². The van der Waals surface area contributed by atoms with Crippen molar-refractivity contribution in [2.45, 2.75) is 13.3 Å². The molecule has 0 radical (unpaired) electrons. The molecular formula is C12H17N3O2. The Kier molecular flexibility index (Phi) is 5.16. The summed E-state index contributed by atoms with van der Waals surface area (Å²) in [7, 11) is 1.71. The molecule has 0 saturated heterocycles. The first-order valence-corrected chi connectivity index (χ1v) is 5.50. The van der Waals surface area contributed by atoms with Crippen LogP contribution in [0.15, 0.2) is 24.3 Å². The van der Waals surface area contributed by atoms with Gasteiger partial charge in [-0.1, -0.05) is 6.92 Å². The Morgan fingerprint density at radius 1 is 1.00 bits per heavy atom. The first-order chi connectivity index (χ1) is 8.15. The molecule has 17 heavy (non-hydrogen) atoms. The molecule has 0 heterocycles. The van der Waals surface area contributed by atoms with Gasteiger partial charge in [0.25, 0.3) is 0 Å². The van der Waals surface area contributed by atoms with E-state index in [9.17, 15) is 9.59 Å². The fourth-order valence-electron chi connectivity index (χ4n) is 1.25. The summed E-state index contributed by atoms with van der Waals surface area (Å²) in [6.07, 6.45) is 0.445. The molecular weight excluding hydrogens is 218 g/mol. The van der Waals surface area contributed by atoms with E-state index < -0.39 is 0 Å². The maximum absolute atomic E-state index is 11.3. The third-order valence-corrected chi connectivity index (χ3v) is 2.11. The first-order valence-electron chi connectivity index (χ1n) is 5.50. The molecule has 0 aliphatic heterocycles. The van der Waals surface area contributed by atoms with Gasteiger partial charge in [-0.2, -0.15) is 0 Å². The largest absolute Gasteiger partial charge is 0.326 e. The Hall–Kier alpha value is -1.88. The van der Waals surface area contributed by atoms with Crippen LogP contribution in [0.4, 0.5) is 11.4 Å². The summed E-state index contributed by atoms with van der Waals surface area (Å²) in [4.78, 5) is 22.4. The molecule has 5 nitrogen and oxygen atoms in total. The number of nitrogens with one attached hydrogen (secondary N) is 3. The standard InChI is InChI=1S/C12H17N3O2/c1-3-11(16)14-9-4-6-10(7-5-9)15-12(17)8-13-2/h4-7,13H,3,8H2,1-2H3,(H,14,16)(H,15,17). The average molecular weight is 235 g/mol. The third kappa shape index (κ3) is 4.65. The summed E-state index contributed by atoms with van der Waals surface area (Å²) in [5.74, 6) is -0.130. The van der Waals surface area contributed by atoms with Gasteiger partial charge in [-0.05, 0) is 31.3 Å².